The van der Waals surface area contributed by atoms with Crippen molar-refractivity contribution in [2.75, 3.05) is 0 Å². The standard InChI is InChI=1S/C9H6F6N2.ClH/c10-8(11,12)4-2-1-3-5(9(13,14)15)6(4)7(16)17;/h1-3H,(H3,16,17);1H. The maximum atomic E-state index is 12.5. The van der Waals surface area contributed by atoms with Gasteiger partial charge in [0, 0.05) is 5.56 Å². The second-order valence-electron chi connectivity index (χ2n) is 3.14. The molecule has 9 heteroatoms. The fourth-order valence-electron chi connectivity index (χ4n) is 1.31. The van der Waals surface area contributed by atoms with Crippen LogP contribution >= 0.6 is 12.4 Å². The lowest BCUT2D eigenvalue weighted by Crippen LogP contribution is -2.24. The van der Waals surface area contributed by atoms with E-state index in [9.17, 15) is 26.3 Å². The van der Waals surface area contributed by atoms with E-state index >= 15 is 0 Å². The first-order valence-corrected chi connectivity index (χ1v) is 4.17. The van der Waals surface area contributed by atoms with Crippen molar-refractivity contribution in [2.45, 2.75) is 12.4 Å². The molecule has 0 fully saturated rings. The molecule has 0 aliphatic heterocycles. The number of rotatable bonds is 1. The number of nitrogens with two attached hydrogens (primary N) is 1. The lowest BCUT2D eigenvalue weighted by atomic mass is 9.99. The fourth-order valence-corrected chi connectivity index (χ4v) is 1.31. The number of hydrogen-bond acceptors (Lipinski definition) is 1. The highest BCUT2D eigenvalue weighted by Gasteiger charge is 2.41. The summed E-state index contributed by atoms with van der Waals surface area (Å²) >= 11 is 0. The van der Waals surface area contributed by atoms with E-state index in [2.05, 4.69) is 0 Å². The summed E-state index contributed by atoms with van der Waals surface area (Å²) in [5.74, 6) is -1.27. The van der Waals surface area contributed by atoms with E-state index in [-0.39, 0.29) is 12.4 Å². The van der Waals surface area contributed by atoms with E-state index in [1.165, 1.54) is 0 Å². The van der Waals surface area contributed by atoms with Crippen LogP contribution in [0.25, 0.3) is 0 Å². The van der Waals surface area contributed by atoms with E-state index in [0.717, 1.165) is 0 Å². The molecule has 2 nitrogen and oxygen atoms in total. The Kier molecular flexibility index (Phi) is 4.65. The predicted octanol–water partition coefficient (Wildman–Crippen LogP) is 3.43. The summed E-state index contributed by atoms with van der Waals surface area (Å²) in [7, 11) is 0. The molecule has 0 aliphatic carbocycles. The predicted molar refractivity (Wildman–Crippen MR) is 54.7 cm³/mol. The third-order valence-corrected chi connectivity index (χ3v) is 1.94. The van der Waals surface area contributed by atoms with Gasteiger partial charge in [0.05, 0.1) is 11.1 Å². The van der Waals surface area contributed by atoms with Gasteiger partial charge in [-0.15, -0.1) is 12.4 Å². The number of benzene rings is 1. The molecule has 0 aliphatic rings. The van der Waals surface area contributed by atoms with Gasteiger partial charge in [-0.25, -0.2) is 0 Å². The Hall–Kier alpha value is -1.44. The van der Waals surface area contributed by atoms with Crippen LogP contribution in [0, 0.1) is 5.41 Å². The molecule has 18 heavy (non-hydrogen) atoms. The lowest BCUT2D eigenvalue weighted by Gasteiger charge is -2.17. The minimum atomic E-state index is -5.00. The summed E-state index contributed by atoms with van der Waals surface area (Å²) in [6, 6.07) is 1.52. The Labute approximate surface area is 104 Å². The van der Waals surface area contributed by atoms with Crippen molar-refractivity contribution in [1.82, 2.24) is 0 Å². The van der Waals surface area contributed by atoms with Gasteiger partial charge in [0.25, 0.3) is 0 Å². The first-order valence-electron chi connectivity index (χ1n) is 4.17. The van der Waals surface area contributed by atoms with Gasteiger partial charge in [0.2, 0.25) is 0 Å². The van der Waals surface area contributed by atoms with Crippen molar-refractivity contribution in [3.8, 4) is 0 Å². The van der Waals surface area contributed by atoms with Crippen LogP contribution in [0.2, 0.25) is 0 Å². The number of halogens is 7. The van der Waals surface area contributed by atoms with Crippen LogP contribution in [0.3, 0.4) is 0 Å². The molecule has 0 saturated carbocycles. The minimum Gasteiger partial charge on any atom is -0.384 e. The number of hydrogen-bond donors (Lipinski definition) is 2. The number of nitrogens with one attached hydrogen (secondary N) is 1. The maximum absolute atomic E-state index is 12.5. The van der Waals surface area contributed by atoms with Crippen molar-refractivity contribution in [2.24, 2.45) is 5.73 Å². The van der Waals surface area contributed by atoms with E-state index in [1.807, 2.05) is 0 Å². The van der Waals surface area contributed by atoms with Crippen LogP contribution in [0.15, 0.2) is 18.2 Å². The smallest absolute Gasteiger partial charge is 0.384 e. The molecule has 0 atom stereocenters. The summed E-state index contributed by atoms with van der Waals surface area (Å²) in [4.78, 5) is 0. The zero-order valence-corrected chi connectivity index (χ0v) is 9.30. The van der Waals surface area contributed by atoms with E-state index < -0.39 is 34.9 Å². The van der Waals surface area contributed by atoms with Crippen molar-refractivity contribution in [3.63, 3.8) is 0 Å². The van der Waals surface area contributed by atoms with Gasteiger partial charge in [-0.2, -0.15) is 26.3 Å². The number of alkyl halides is 6. The molecule has 0 heterocycles. The molecule has 0 aromatic heterocycles. The minimum absolute atomic E-state index is 0. The van der Waals surface area contributed by atoms with Gasteiger partial charge in [-0.3, -0.25) is 5.41 Å². The molecule has 0 saturated heterocycles. The van der Waals surface area contributed by atoms with Gasteiger partial charge >= 0.3 is 12.4 Å². The van der Waals surface area contributed by atoms with Crippen LogP contribution in [-0.4, -0.2) is 5.84 Å². The summed E-state index contributed by atoms with van der Waals surface area (Å²) < 4.78 is 74.7. The summed E-state index contributed by atoms with van der Waals surface area (Å²) in [5, 5.41) is 6.85. The van der Waals surface area contributed by atoms with Crippen LogP contribution < -0.4 is 5.73 Å². The molecular formula is C9H7ClF6N2. The number of nitrogen functional groups attached to an aromatic ring is 1. The monoisotopic (exact) mass is 292 g/mol. The molecule has 102 valence electrons. The average molecular weight is 293 g/mol. The summed E-state index contributed by atoms with van der Waals surface area (Å²) in [6.45, 7) is 0. The maximum Gasteiger partial charge on any atom is 0.417 e. The van der Waals surface area contributed by atoms with Crippen LogP contribution in [0.1, 0.15) is 16.7 Å². The Bertz CT molecular complexity index is 419. The first-order chi connectivity index (χ1) is 7.55. The highest BCUT2D eigenvalue weighted by Crippen LogP contribution is 2.38. The molecule has 0 bridgehead atoms. The van der Waals surface area contributed by atoms with Gasteiger partial charge in [-0.1, -0.05) is 6.07 Å². The van der Waals surface area contributed by atoms with Crippen molar-refractivity contribution >= 4 is 18.2 Å². The molecule has 0 spiro atoms. The zero-order valence-electron chi connectivity index (χ0n) is 8.49. The zero-order chi connectivity index (χ0) is 13.4. The van der Waals surface area contributed by atoms with Gasteiger partial charge in [0.15, 0.2) is 0 Å². The molecule has 3 N–H and O–H groups in total. The Morgan fingerprint density at radius 2 is 1.28 bits per heavy atom. The molecule has 1 aromatic rings. The van der Waals surface area contributed by atoms with Gasteiger partial charge in [-0.05, 0) is 12.1 Å². The van der Waals surface area contributed by atoms with Crippen LogP contribution in [0.5, 0.6) is 0 Å². The molecule has 0 unspecified atom stereocenters. The first kappa shape index (κ1) is 16.6. The Morgan fingerprint density at radius 1 is 0.944 bits per heavy atom. The normalized spacial score (nSPS) is 11.9. The SMILES string of the molecule is Cl.N=C(N)c1c(C(F)(F)F)cccc1C(F)(F)F. The largest absolute Gasteiger partial charge is 0.417 e. The van der Waals surface area contributed by atoms with Gasteiger partial charge < -0.3 is 5.73 Å². The summed E-state index contributed by atoms with van der Waals surface area (Å²) in [6.07, 6.45) is -10.00. The number of amidine groups is 1. The van der Waals surface area contributed by atoms with Crippen LogP contribution in [0.4, 0.5) is 26.3 Å². The van der Waals surface area contributed by atoms with E-state index in [1.54, 1.807) is 0 Å². The Balaban J connectivity index is 0.00000289. The highest BCUT2D eigenvalue weighted by atomic mass is 35.5. The fraction of sp³-hybridized carbons (Fsp3) is 0.222. The van der Waals surface area contributed by atoms with E-state index in [4.69, 9.17) is 11.1 Å². The van der Waals surface area contributed by atoms with Crippen molar-refractivity contribution < 1.29 is 26.3 Å². The third kappa shape index (κ3) is 3.28. The molecule has 0 radical (unpaired) electrons. The molecule has 1 aromatic carbocycles. The second-order valence-corrected chi connectivity index (χ2v) is 3.14. The average Bonchev–Trinajstić information content (AvgIpc) is 2.13. The highest BCUT2D eigenvalue weighted by molar-refractivity contribution is 5.98. The lowest BCUT2D eigenvalue weighted by molar-refractivity contribution is -0.143. The molecular weight excluding hydrogens is 286 g/mol. The summed E-state index contributed by atoms with van der Waals surface area (Å²) in [5.41, 5.74) is 0.313. The van der Waals surface area contributed by atoms with Gasteiger partial charge in [0.1, 0.15) is 5.84 Å². The van der Waals surface area contributed by atoms with Crippen LogP contribution in [-0.2, 0) is 12.4 Å². The quantitative estimate of drug-likeness (QED) is 0.465. The molecule has 0 amide bonds. The Morgan fingerprint density at radius 3 is 1.50 bits per heavy atom. The second kappa shape index (κ2) is 5.05. The van der Waals surface area contributed by atoms with E-state index in [0.29, 0.717) is 18.2 Å². The molecule has 1 rings (SSSR count). The van der Waals surface area contributed by atoms with Crippen molar-refractivity contribution in [3.05, 3.63) is 34.9 Å². The topological polar surface area (TPSA) is 49.9 Å². The van der Waals surface area contributed by atoms with Crippen molar-refractivity contribution in [1.29, 1.82) is 5.41 Å². The third-order valence-electron chi connectivity index (χ3n) is 1.94.